The molecule has 0 aromatic heterocycles. The highest BCUT2D eigenvalue weighted by atomic mass is 16.3. The van der Waals surface area contributed by atoms with Crippen LogP contribution in [0.5, 0.6) is 5.75 Å². The third kappa shape index (κ3) is 3.55. The van der Waals surface area contributed by atoms with Gasteiger partial charge in [0.25, 0.3) is 11.8 Å². The molecule has 0 saturated heterocycles. The third-order valence-corrected chi connectivity index (χ3v) is 4.25. The van der Waals surface area contributed by atoms with Crippen molar-refractivity contribution in [3.63, 3.8) is 0 Å². The maximum Gasteiger partial charge on any atom is 0.277 e. The smallest absolute Gasteiger partial charge is 0.277 e. The number of hydrogen-bond acceptors (Lipinski definition) is 4. The summed E-state index contributed by atoms with van der Waals surface area (Å²) >= 11 is 0. The van der Waals surface area contributed by atoms with E-state index in [0.717, 1.165) is 5.56 Å². The Kier molecular flexibility index (Phi) is 4.57. The summed E-state index contributed by atoms with van der Waals surface area (Å²) in [6.07, 6.45) is 1.95. The average molecular weight is 336 g/mol. The van der Waals surface area contributed by atoms with Crippen LogP contribution < -0.4 is 5.32 Å². The van der Waals surface area contributed by atoms with E-state index in [-0.39, 0.29) is 23.3 Å². The van der Waals surface area contributed by atoms with Gasteiger partial charge in [0.05, 0.1) is 0 Å². The molecule has 5 nitrogen and oxygen atoms in total. The van der Waals surface area contributed by atoms with Crippen molar-refractivity contribution in [2.45, 2.75) is 20.3 Å². The van der Waals surface area contributed by atoms with Crippen molar-refractivity contribution in [1.82, 2.24) is 4.90 Å². The molecule has 1 heterocycles. The van der Waals surface area contributed by atoms with Crippen LogP contribution in [0.15, 0.2) is 54.2 Å². The summed E-state index contributed by atoms with van der Waals surface area (Å²) in [4.78, 5) is 25.9. The van der Waals surface area contributed by atoms with Gasteiger partial charge in [-0.3, -0.25) is 14.5 Å². The van der Waals surface area contributed by atoms with E-state index in [4.69, 9.17) is 0 Å². The summed E-state index contributed by atoms with van der Waals surface area (Å²) in [7, 11) is 0. The SMILES string of the molecule is Cc1cc(NC2=CC(=O)N(CCc3ccccc3)C2=O)cc(C)c1O. The zero-order valence-corrected chi connectivity index (χ0v) is 14.2. The van der Waals surface area contributed by atoms with Gasteiger partial charge in [0.15, 0.2) is 0 Å². The van der Waals surface area contributed by atoms with Crippen LogP contribution in [0.3, 0.4) is 0 Å². The van der Waals surface area contributed by atoms with E-state index in [9.17, 15) is 14.7 Å². The molecule has 1 aliphatic heterocycles. The Hall–Kier alpha value is -3.08. The normalized spacial score (nSPS) is 14.0. The van der Waals surface area contributed by atoms with Crippen LogP contribution in [-0.4, -0.2) is 28.4 Å². The number of aromatic hydroxyl groups is 1. The molecule has 0 unspecified atom stereocenters. The molecule has 0 bridgehead atoms. The number of nitrogens with one attached hydrogen (secondary N) is 1. The monoisotopic (exact) mass is 336 g/mol. The van der Waals surface area contributed by atoms with Crippen molar-refractivity contribution >= 4 is 17.5 Å². The van der Waals surface area contributed by atoms with Gasteiger partial charge in [-0.15, -0.1) is 0 Å². The second kappa shape index (κ2) is 6.81. The molecule has 2 aromatic carbocycles. The van der Waals surface area contributed by atoms with Gasteiger partial charge in [-0.25, -0.2) is 0 Å². The molecule has 0 spiro atoms. The number of phenolic OH excluding ortho intramolecular Hbond substituents is 1. The number of benzene rings is 2. The highest BCUT2D eigenvalue weighted by Gasteiger charge is 2.30. The summed E-state index contributed by atoms with van der Waals surface area (Å²) in [5.41, 5.74) is 3.42. The topological polar surface area (TPSA) is 69.6 Å². The molecule has 2 N–H and O–H groups in total. The fourth-order valence-electron chi connectivity index (χ4n) is 2.88. The standard InChI is InChI=1S/C20H20N2O3/c1-13-10-16(11-14(2)19(13)24)21-17-12-18(23)22(20(17)25)9-8-15-6-4-3-5-7-15/h3-7,10-12,21,24H,8-9H2,1-2H3. The van der Waals surface area contributed by atoms with Crippen LogP contribution in [-0.2, 0) is 16.0 Å². The Morgan fingerprint density at radius 1 is 1.04 bits per heavy atom. The predicted molar refractivity (Wildman–Crippen MR) is 96.2 cm³/mol. The van der Waals surface area contributed by atoms with E-state index in [2.05, 4.69) is 5.32 Å². The van der Waals surface area contributed by atoms with Gasteiger partial charge in [0.1, 0.15) is 11.4 Å². The number of rotatable bonds is 5. The average Bonchev–Trinajstić information content (AvgIpc) is 2.85. The van der Waals surface area contributed by atoms with Crippen LogP contribution in [0.25, 0.3) is 0 Å². The summed E-state index contributed by atoms with van der Waals surface area (Å²) in [5, 5.41) is 12.8. The van der Waals surface area contributed by atoms with Crippen molar-refractivity contribution in [3.8, 4) is 5.75 Å². The van der Waals surface area contributed by atoms with Gasteiger partial charge in [0.2, 0.25) is 0 Å². The van der Waals surface area contributed by atoms with E-state index in [1.165, 1.54) is 11.0 Å². The number of hydrogen-bond donors (Lipinski definition) is 2. The van der Waals surface area contributed by atoms with Crippen molar-refractivity contribution in [2.75, 3.05) is 11.9 Å². The molecule has 5 heteroatoms. The third-order valence-electron chi connectivity index (χ3n) is 4.25. The van der Waals surface area contributed by atoms with Crippen LogP contribution in [0, 0.1) is 13.8 Å². The van der Waals surface area contributed by atoms with Crippen LogP contribution in [0.2, 0.25) is 0 Å². The molecule has 128 valence electrons. The summed E-state index contributed by atoms with van der Waals surface area (Å²) in [6, 6.07) is 13.2. The van der Waals surface area contributed by atoms with Crippen molar-refractivity contribution < 1.29 is 14.7 Å². The molecule has 3 rings (SSSR count). The largest absolute Gasteiger partial charge is 0.507 e. The number of carbonyl (C=O) groups is 2. The number of amides is 2. The van der Waals surface area contributed by atoms with Crippen LogP contribution in [0.1, 0.15) is 16.7 Å². The van der Waals surface area contributed by atoms with Gasteiger partial charge in [-0.1, -0.05) is 30.3 Å². The first kappa shape index (κ1) is 16.8. The summed E-state index contributed by atoms with van der Waals surface area (Å²) in [6.45, 7) is 3.92. The maximum atomic E-state index is 12.5. The highest BCUT2D eigenvalue weighted by molar-refractivity contribution is 6.17. The molecule has 2 aromatic rings. The lowest BCUT2D eigenvalue weighted by atomic mass is 10.1. The van der Waals surface area contributed by atoms with E-state index < -0.39 is 0 Å². The summed E-state index contributed by atoms with van der Waals surface area (Å²) < 4.78 is 0. The second-order valence-corrected chi connectivity index (χ2v) is 6.17. The quantitative estimate of drug-likeness (QED) is 0.651. The van der Waals surface area contributed by atoms with Gasteiger partial charge < -0.3 is 10.4 Å². The Morgan fingerprint density at radius 3 is 2.32 bits per heavy atom. The van der Waals surface area contributed by atoms with Crippen molar-refractivity contribution in [3.05, 3.63) is 70.9 Å². The molecule has 25 heavy (non-hydrogen) atoms. The Morgan fingerprint density at radius 2 is 1.68 bits per heavy atom. The first-order chi connectivity index (χ1) is 12.0. The zero-order valence-electron chi connectivity index (χ0n) is 14.2. The Balaban J connectivity index is 1.69. The number of carbonyl (C=O) groups excluding carboxylic acids is 2. The lowest BCUT2D eigenvalue weighted by Crippen LogP contribution is -2.33. The minimum atomic E-state index is -0.329. The number of anilines is 1. The number of aryl methyl sites for hydroxylation is 2. The van der Waals surface area contributed by atoms with E-state index in [0.29, 0.717) is 29.8 Å². The minimum absolute atomic E-state index is 0.234. The molecule has 0 saturated carbocycles. The Labute approximate surface area is 146 Å². The molecule has 1 aliphatic rings. The molecular formula is C20H20N2O3. The Bertz CT molecular complexity index is 833. The molecule has 0 fully saturated rings. The molecular weight excluding hydrogens is 316 g/mol. The minimum Gasteiger partial charge on any atom is -0.507 e. The van der Waals surface area contributed by atoms with Crippen LogP contribution in [0.4, 0.5) is 5.69 Å². The van der Waals surface area contributed by atoms with Crippen molar-refractivity contribution in [2.24, 2.45) is 0 Å². The zero-order chi connectivity index (χ0) is 18.0. The summed E-state index contributed by atoms with van der Waals surface area (Å²) in [5.74, 6) is -0.405. The van der Waals surface area contributed by atoms with Gasteiger partial charge in [-0.2, -0.15) is 0 Å². The molecule has 2 amide bonds. The van der Waals surface area contributed by atoms with E-state index in [1.54, 1.807) is 26.0 Å². The predicted octanol–water partition coefficient (Wildman–Crippen LogP) is 2.92. The molecule has 0 aliphatic carbocycles. The first-order valence-electron chi connectivity index (χ1n) is 8.14. The molecule has 0 radical (unpaired) electrons. The highest BCUT2D eigenvalue weighted by Crippen LogP contribution is 2.27. The van der Waals surface area contributed by atoms with Gasteiger partial charge in [-0.05, 0) is 49.1 Å². The molecule has 0 atom stereocenters. The van der Waals surface area contributed by atoms with Crippen LogP contribution >= 0.6 is 0 Å². The lowest BCUT2D eigenvalue weighted by molar-refractivity contribution is -0.137. The van der Waals surface area contributed by atoms with E-state index in [1.807, 2.05) is 30.3 Å². The maximum absolute atomic E-state index is 12.5. The lowest BCUT2D eigenvalue weighted by Gasteiger charge is -2.15. The van der Waals surface area contributed by atoms with Gasteiger partial charge >= 0.3 is 0 Å². The first-order valence-corrected chi connectivity index (χ1v) is 8.14. The second-order valence-electron chi connectivity index (χ2n) is 6.17. The number of imide groups is 1. The van der Waals surface area contributed by atoms with Crippen molar-refractivity contribution in [1.29, 1.82) is 0 Å². The fourth-order valence-corrected chi connectivity index (χ4v) is 2.88. The number of nitrogens with zero attached hydrogens (tertiary/aromatic N) is 1. The number of phenols is 1. The van der Waals surface area contributed by atoms with E-state index >= 15 is 0 Å². The fraction of sp³-hybridized carbons (Fsp3) is 0.200. The van der Waals surface area contributed by atoms with Gasteiger partial charge in [0, 0.05) is 18.3 Å².